The van der Waals surface area contributed by atoms with E-state index in [1.807, 2.05) is 0 Å². The molecule has 15 heavy (non-hydrogen) atoms. The number of carbonyl (C=O) groups is 1. The van der Waals surface area contributed by atoms with E-state index in [1.165, 1.54) is 12.8 Å². The molecule has 0 bridgehead atoms. The molecule has 1 rings (SSSR count). The fraction of sp³-hybridized carbons (Fsp3) is 0.909. The van der Waals surface area contributed by atoms with E-state index in [0.717, 1.165) is 25.4 Å². The average molecular weight is 213 g/mol. The number of rotatable bonds is 8. The van der Waals surface area contributed by atoms with Gasteiger partial charge in [0.05, 0.1) is 0 Å². The smallest absolute Gasteiger partial charge is 0.219 e. The van der Waals surface area contributed by atoms with Gasteiger partial charge in [0, 0.05) is 25.6 Å². The Kier molecular flexibility index (Phi) is 5.05. The maximum Gasteiger partial charge on any atom is 0.219 e. The van der Waals surface area contributed by atoms with Crippen LogP contribution < -0.4 is 11.5 Å². The van der Waals surface area contributed by atoms with Gasteiger partial charge in [0.1, 0.15) is 0 Å². The highest BCUT2D eigenvalue weighted by Gasteiger charge is 2.27. The lowest BCUT2D eigenvalue weighted by Crippen LogP contribution is -2.44. The highest BCUT2D eigenvalue weighted by atomic mass is 16.1. The van der Waals surface area contributed by atoms with Gasteiger partial charge in [0.2, 0.25) is 5.91 Å². The van der Waals surface area contributed by atoms with Gasteiger partial charge in [-0.1, -0.05) is 6.92 Å². The molecule has 0 spiro atoms. The van der Waals surface area contributed by atoms with E-state index in [9.17, 15) is 4.79 Å². The summed E-state index contributed by atoms with van der Waals surface area (Å²) in [4.78, 5) is 13.3. The first kappa shape index (κ1) is 12.5. The molecule has 4 nitrogen and oxygen atoms in total. The van der Waals surface area contributed by atoms with Crippen LogP contribution in [-0.4, -0.2) is 36.5 Å². The van der Waals surface area contributed by atoms with Gasteiger partial charge in [-0.05, 0) is 31.7 Å². The first-order valence-corrected chi connectivity index (χ1v) is 5.89. The summed E-state index contributed by atoms with van der Waals surface area (Å²) in [5, 5.41) is 0. The topological polar surface area (TPSA) is 72.3 Å². The predicted molar refractivity (Wildman–Crippen MR) is 61.2 cm³/mol. The molecule has 4 heteroatoms. The third kappa shape index (κ3) is 4.62. The van der Waals surface area contributed by atoms with Gasteiger partial charge in [-0.15, -0.1) is 0 Å². The highest BCUT2D eigenvalue weighted by Crippen LogP contribution is 2.30. The van der Waals surface area contributed by atoms with Gasteiger partial charge in [0.15, 0.2) is 0 Å². The van der Waals surface area contributed by atoms with Crippen LogP contribution in [0.1, 0.15) is 32.6 Å². The van der Waals surface area contributed by atoms with E-state index in [4.69, 9.17) is 11.5 Å². The summed E-state index contributed by atoms with van der Waals surface area (Å²) < 4.78 is 0. The standard InChI is InChI=1S/C11H23N3O/c1-2-5-14(8-9-3-4-9)10(7-12)6-11(13)15/h9-10H,2-8,12H2,1H3,(H2,13,15). The van der Waals surface area contributed by atoms with Gasteiger partial charge in [-0.25, -0.2) is 0 Å². The molecule has 0 aromatic rings. The summed E-state index contributed by atoms with van der Waals surface area (Å²) in [5.41, 5.74) is 10.9. The van der Waals surface area contributed by atoms with Crippen molar-refractivity contribution in [1.29, 1.82) is 0 Å². The van der Waals surface area contributed by atoms with Crippen molar-refractivity contribution in [2.45, 2.75) is 38.6 Å². The maximum atomic E-state index is 10.9. The Balaban J connectivity index is 2.44. The van der Waals surface area contributed by atoms with Crippen LogP contribution in [0.2, 0.25) is 0 Å². The van der Waals surface area contributed by atoms with E-state index < -0.39 is 0 Å². The van der Waals surface area contributed by atoms with Crippen LogP contribution in [0.15, 0.2) is 0 Å². The molecule has 1 fully saturated rings. The molecule has 0 aromatic carbocycles. The highest BCUT2D eigenvalue weighted by molar-refractivity contribution is 5.74. The Morgan fingerprint density at radius 1 is 1.53 bits per heavy atom. The normalized spacial score (nSPS) is 18.1. The van der Waals surface area contributed by atoms with Crippen molar-refractivity contribution < 1.29 is 4.79 Å². The van der Waals surface area contributed by atoms with Crippen LogP contribution in [0.3, 0.4) is 0 Å². The SMILES string of the molecule is CCCN(CC1CC1)C(CN)CC(N)=O. The second-order valence-corrected chi connectivity index (χ2v) is 4.50. The quantitative estimate of drug-likeness (QED) is 0.609. The minimum atomic E-state index is -0.248. The summed E-state index contributed by atoms with van der Waals surface area (Å²) in [6, 6.07) is 0.142. The zero-order valence-corrected chi connectivity index (χ0v) is 9.61. The molecule has 1 amide bonds. The molecule has 0 saturated heterocycles. The number of hydrogen-bond acceptors (Lipinski definition) is 3. The Hall–Kier alpha value is -0.610. The van der Waals surface area contributed by atoms with Crippen molar-refractivity contribution >= 4 is 5.91 Å². The second-order valence-electron chi connectivity index (χ2n) is 4.50. The van der Waals surface area contributed by atoms with Crippen LogP contribution in [0.4, 0.5) is 0 Å². The van der Waals surface area contributed by atoms with E-state index in [0.29, 0.717) is 13.0 Å². The number of nitrogens with two attached hydrogens (primary N) is 2. The third-order valence-corrected chi connectivity index (χ3v) is 2.93. The maximum absolute atomic E-state index is 10.9. The van der Waals surface area contributed by atoms with E-state index in [-0.39, 0.29) is 11.9 Å². The predicted octanol–water partition coefficient (Wildman–Crippen LogP) is 0.311. The average Bonchev–Trinajstić information content (AvgIpc) is 2.97. The van der Waals surface area contributed by atoms with Crippen molar-refractivity contribution in [2.24, 2.45) is 17.4 Å². The van der Waals surface area contributed by atoms with Crippen molar-refractivity contribution in [1.82, 2.24) is 4.90 Å². The lowest BCUT2D eigenvalue weighted by Gasteiger charge is -2.29. The van der Waals surface area contributed by atoms with Gasteiger partial charge in [-0.2, -0.15) is 0 Å². The summed E-state index contributed by atoms with van der Waals surface area (Å²) in [7, 11) is 0. The second kappa shape index (κ2) is 6.08. The lowest BCUT2D eigenvalue weighted by molar-refractivity contribution is -0.119. The van der Waals surface area contributed by atoms with E-state index in [2.05, 4.69) is 11.8 Å². The first-order valence-electron chi connectivity index (χ1n) is 5.89. The van der Waals surface area contributed by atoms with E-state index >= 15 is 0 Å². The minimum Gasteiger partial charge on any atom is -0.370 e. The van der Waals surface area contributed by atoms with Crippen LogP contribution in [0, 0.1) is 5.92 Å². The van der Waals surface area contributed by atoms with Crippen molar-refractivity contribution in [3.63, 3.8) is 0 Å². The molecule has 4 N–H and O–H groups in total. The van der Waals surface area contributed by atoms with Gasteiger partial charge in [0.25, 0.3) is 0 Å². The van der Waals surface area contributed by atoms with Crippen LogP contribution >= 0.6 is 0 Å². The van der Waals surface area contributed by atoms with Crippen molar-refractivity contribution in [2.75, 3.05) is 19.6 Å². The Morgan fingerprint density at radius 2 is 2.20 bits per heavy atom. The zero-order chi connectivity index (χ0) is 11.3. The van der Waals surface area contributed by atoms with E-state index in [1.54, 1.807) is 0 Å². The zero-order valence-electron chi connectivity index (χ0n) is 9.61. The molecule has 0 aromatic heterocycles. The van der Waals surface area contributed by atoms with Gasteiger partial charge in [-0.3, -0.25) is 9.69 Å². The Bertz CT molecular complexity index is 204. The third-order valence-electron chi connectivity index (χ3n) is 2.93. The molecule has 0 heterocycles. The van der Waals surface area contributed by atoms with Gasteiger partial charge < -0.3 is 11.5 Å². The van der Waals surface area contributed by atoms with Crippen LogP contribution in [0.5, 0.6) is 0 Å². The van der Waals surface area contributed by atoms with Crippen LogP contribution in [0.25, 0.3) is 0 Å². The summed E-state index contributed by atoms with van der Waals surface area (Å²) in [6.45, 7) is 4.78. The fourth-order valence-electron chi connectivity index (χ4n) is 1.94. The van der Waals surface area contributed by atoms with Crippen molar-refractivity contribution in [3.8, 4) is 0 Å². The molecule has 0 radical (unpaired) electrons. The monoisotopic (exact) mass is 213 g/mol. The lowest BCUT2D eigenvalue weighted by atomic mass is 10.1. The molecular formula is C11H23N3O. The molecular weight excluding hydrogens is 190 g/mol. The van der Waals surface area contributed by atoms with Crippen LogP contribution in [-0.2, 0) is 4.79 Å². The molecule has 1 saturated carbocycles. The number of nitrogens with zero attached hydrogens (tertiary/aromatic N) is 1. The fourth-order valence-corrected chi connectivity index (χ4v) is 1.94. The largest absolute Gasteiger partial charge is 0.370 e. The number of hydrogen-bond donors (Lipinski definition) is 2. The molecule has 1 unspecified atom stereocenters. The first-order chi connectivity index (χ1) is 7.17. The minimum absolute atomic E-state index is 0.142. The number of primary amides is 1. The summed E-state index contributed by atoms with van der Waals surface area (Å²) in [5.74, 6) is 0.584. The molecule has 1 aliphatic carbocycles. The summed E-state index contributed by atoms with van der Waals surface area (Å²) in [6.07, 6.45) is 4.15. The molecule has 1 aliphatic rings. The molecule has 88 valence electrons. The Labute approximate surface area is 92.0 Å². The molecule has 1 atom stereocenters. The molecule has 0 aliphatic heterocycles. The van der Waals surface area contributed by atoms with Gasteiger partial charge >= 0.3 is 0 Å². The summed E-state index contributed by atoms with van der Waals surface area (Å²) >= 11 is 0. The number of amides is 1. The number of carbonyl (C=O) groups excluding carboxylic acids is 1. The van der Waals surface area contributed by atoms with Crippen molar-refractivity contribution in [3.05, 3.63) is 0 Å². The Morgan fingerprint density at radius 3 is 2.60 bits per heavy atom.